The van der Waals surface area contributed by atoms with Crippen molar-refractivity contribution in [3.8, 4) is 11.5 Å². The molecule has 2 aliphatic rings. The quantitative estimate of drug-likeness (QED) is 0.266. The van der Waals surface area contributed by atoms with Crippen LogP contribution in [0.25, 0.3) is 0 Å². The van der Waals surface area contributed by atoms with Gasteiger partial charge in [0, 0.05) is 18.6 Å². The molecule has 2 fully saturated rings. The van der Waals surface area contributed by atoms with Gasteiger partial charge in [-0.2, -0.15) is 0 Å². The number of hydrogen-bond donors (Lipinski definition) is 0. The van der Waals surface area contributed by atoms with Gasteiger partial charge in [0.1, 0.15) is 36.9 Å². The van der Waals surface area contributed by atoms with Crippen molar-refractivity contribution in [3.63, 3.8) is 0 Å². The van der Waals surface area contributed by atoms with Crippen LogP contribution in [0.2, 0.25) is 0 Å². The zero-order valence-electron chi connectivity index (χ0n) is 23.8. The van der Waals surface area contributed by atoms with Crippen LogP contribution < -0.4 is 9.47 Å². The Morgan fingerprint density at radius 1 is 0.556 bits per heavy atom. The normalized spacial score (nSPS) is 13.8. The summed E-state index contributed by atoms with van der Waals surface area (Å²) in [6.45, 7) is 23.1. The molecule has 36 heavy (non-hydrogen) atoms. The number of rotatable bonds is 6. The largest absolute Gasteiger partial charge is 0.491 e. The molecule has 2 saturated heterocycles. The number of benzene rings is 2. The van der Waals surface area contributed by atoms with Crippen molar-refractivity contribution >= 4 is 0 Å². The average Bonchev–Trinajstić information content (AvgIpc) is 3.85. The molecule has 2 aromatic rings. The second kappa shape index (κ2) is 43.6. The van der Waals surface area contributed by atoms with Crippen LogP contribution in [-0.4, -0.2) is 38.6 Å². The van der Waals surface area contributed by atoms with E-state index in [0.29, 0.717) is 25.4 Å². The summed E-state index contributed by atoms with van der Waals surface area (Å²) in [7, 11) is 0. The summed E-state index contributed by atoms with van der Waals surface area (Å²) >= 11 is 0. The summed E-state index contributed by atoms with van der Waals surface area (Å²) < 4.78 is 20.8. The number of para-hydroxylation sites is 2. The molecule has 4 rings (SSSR count). The van der Waals surface area contributed by atoms with Crippen molar-refractivity contribution < 1.29 is 37.5 Å². The molecule has 0 aliphatic carbocycles. The second-order valence-corrected chi connectivity index (χ2v) is 5.16. The Morgan fingerprint density at radius 2 is 0.778 bits per heavy atom. The molecule has 0 N–H and O–H groups in total. The van der Waals surface area contributed by atoms with Crippen LogP contribution in [0.5, 0.6) is 11.5 Å². The fraction of sp³-hybridized carbons (Fsp3) is 0.581. The zero-order chi connectivity index (χ0) is 25.0. The minimum Gasteiger partial charge on any atom is -0.491 e. The van der Waals surface area contributed by atoms with E-state index in [2.05, 4.69) is 0 Å². The van der Waals surface area contributed by atoms with E-state index in [1.54, 1.807) is 0 Å². The predicted octanol–water partition coefficient (Wildman–Crippen LogP) is 9.78. The Labute approximate surface area is 239 Å². The van der Waals surface area contributed by atoms with E-state index >= 15 is 0 Å². The number of epoxide rings is 2. The summed E-state index contributed by atoms with van der Waals surface area (Å²) in [5.74, 6) is 1.84. The summed E-state index contributed by atoms with van der Waals surface area (Å²) in [4.78, 5) is 0. The second-order valence-electron chi connectivity index (χ2n) is 5.16. The van der Waals surface area contributed by atoms with Crippen LogP contribution in [0.1, 0.15) is 84.1 Å². The average molecular weight is 549 g/mol. The maximum Gasteiger partial charge on any atom is 0.119 e. The fourth-order valence-corrected chi connectivity index (χ4v) is 1.74. The fourth-order valence-electron chi connectivity index (χ4n) is 1.74. The van der Waals surface area contributed by atoms with E-state index in [1.807, 2.05) is 130 Å². The molecule has 0 spiro atoms. The molecule has 1 radical (unpaired) electrons. The molecule has 2 atom stereocenters. The summed E-state index contributed by atoms with van der Waals surface area (Å²) in [6, 6.07) is 19.6. The molecule has 2 aromatic carbocycles. The molecule has 4 nitrogen and oxygen atoms in total. The topological polar surface area (TPSA) is 43.5 Å². The van der Waals surface area contributed by atoms with Crippen LogP contribution >= 0.6 is 0 Å². The van der Waals surface area contributed by atoms with Crippen LogP contribution in [0.4, 0.5) is 0 Å². The van der Waals surface area contributed by atoms with Gasteiger partial charge in [0.05, 0.1) is 13.2 Å². The van der Waals surface area contributed by atoms with Gasteiger partial charge < -0.3 is 26.4 Å². The summed E-state index contributed by atoms with van der Waals surface area (Å²) in [5, 5.41) is 0. The third-order valence-electron chi connectivity index (χ3n) is 3.16. The molecule has 2 unspecified atom stereocenters. The monoisotopic (exact) mass is 548 g/mol. The standard InChI is InChI=1S/2C9H10O2.5C2H6.2CH4.CH3.V/c2*1-2-4-8(5-3-1)10-6-9-7-11-9;5*1-2;;;;/h2*1-5,9H,6-7H2;5*1-2H3;2*1H4;1H3;/q;;;;;;;;;-1;. The third-order valence-corrected chi connectivity index (χ3v) is 3.16. The molecule has 0 aromatic heterocycles. The van der Waals surface area contributed by atoms with Gasteiger partial charge >= 0.3 is 0 Å². The first-order valence-corrected chi connectivity index (χ1v) is 12.5. The third kappa shape index (κ3) is 34.7. The van der Waals surface area contributed by atoms with Crippen molar-refractivity contribution in [3.05, 3.63) is 68.1 Å². The van der Waals surface area contributed by atoms with Crippen LogP contribution in [0, 0.1) is 7.43 Å². The number of ether oxygens (including phenoxy) is 4. The first kappa shape index (κ1) is 51.2. The van der Waals surface area contributed by atoms with Crippen molar-refractivity contribution in [2.75, 3.05) is 26.4 Å². The van der Waals surface area contributed by atoms with Crippen molar-refractivity contribution in [1.82, 2.24) is 0 Å². The van der Waals surface area contributed by atoms with Crippen molar-refractivity contribution in [2.24, 2.45) is 0 Å². The van der Waals surface area contributed by atoms with Gasteiger partial charge in [-0.15, -0.1) is 0 Å². The maximum atomic E-state index is 5.40. The molecule has 0 saturated carbocycles. The van der Waals surface area contributed by atoms with Crippen LogP contribution in [0.15, 0.2) is 60.7 Å². The van der Waals surface area contributed by atoms with Gasteiger partial charge in [-0.1, -0.05) is 120 Å². The molecule has 215 valence electrons. The van der Waals surface area contributed by atoms with Gasteiger partial charge in [0.25, 0.3) is 0 Å². The molecular weight excluding hydrogens is 487 g/mol. The Bertz CT molecular complexity index is 494. The van der Waals surface area contributed by atoms with Gasteiger partial charge in [-0.25, -0.2) is 0 Å². The summed E-state index contributed by atoms with van der Waals surface area (Å²) in [6.07, 6.45) is 0.686. The van der Waals surface area contributed by atoms with E-state index in [1.165, 1.54) is 0 Å². The van der Waals surface area contributed by atoms with Gasteiger partial charge in [0.15, 0.2) is 0 Å². The van der Waals surface area contributed by atoms with Crippen molar-refractivity contribution in [2.45, 2.75) is 96.3 Å². The predicted molar refractivity (Wildman–Crippen MR) is 160 cm³/mol. The Morgan fingerprint density at radius 3 is 0.972 bits per heavy atom. The molecule has 2 aliphatic heterocycles. The molecular formula is C31H61O4V-. The minimum absolute atomic E-state index is 0. The molecule has 5 heteroatoms. The minimum atomic E-state index is 0. The van der Waals surface area contributed by atoms with Gasteiger partial charge in [-0.3, -0.25) is 0 Å². The summed E-state index contributed by atoms with van der Waals surface area (Å²) in [5.41, 5.74) is 0. The van der Waals surface area contributed by atoms with E-state index in [4.69, 9.17) is 18.9 Å². The molecule has 0 amide bonds. The van der Waals surface area contributed by atoms with Crippen LogP contribution in [-0.2, 0) is 28.0 Å². The van der Waals surface area contributed by atoms with E-state index in [9.17, 15) is 0 Å². The molecule has 2 heterocycles. The van der Waals surface area contributed by atoms with Crippen molar-refractivity contribution in [1.29, 1.82) is 0 Å². The molecule has 0 bridgehead atoms. The number of hydrogen-bond acceptors (Lipinski definition) is 4. The van der Waals surface area contributed by atoms with E-state index < -0.39 is 0 Å². The van der Waals surface area contributed by atoms with Gasteiger partial charge in [0.2, 0.25) is 0 Å². The maximum absolute atomic E-state index is 5.40. The SMILES string of the molecule is C.C.CC.CC.CC.CC.CC.[CH3-].[V].c1ccc(OCC2CO2)cc1.c1ccc(OCC2CO2)cc1. The van der Waals surface area contributed by atoms with E-state index in [0.717, 1.165) is 24.7 Å². The Balaban J connectivity index is -0.0000000642. The van der Waals surface area contributed by atoms with E-state index in [-0.39, 0.29) is 40.8 Å². The zero-order valence-corrected chi connectivity index (χ0v) is 25.2. The van der Waals surface area contributed by atoms with Crippen LogP contribution in [0.3, 0.4) is 0 Å². The smallest absolute Gasteiger partial charge is 0.119 e. The Kier molecular flexibility index (Phi) is 62.1. The first-order valence-electron chi connectivity index (χ1n) is 12.5. The first-order chi connectivity index (χ1) is 15.9. The van der Waals surface area contributed by atoms with Gasteiger partial charge in [-0.05, 0) is 24.3 Å². The Hall–Kier alpha value is -1.46.